The maximum absolute atomic E-state index is 13.4. The van der Waals surface area contributed by atoms with Crippen LogP contribution in [0.4, 0.5) is 10.1 Å². The molecule has 1 aromatic heterocycles. The van der Waals surface area contributed by atoms with Gasteiger partial charge in [0.05, 0.1) is 5.69 Å². The molecule has 0 bridgehead atoms. The quantitative estimate of drug-likeness (QED) is 0.857. The predicted molar refractivity (Wildman–Crippen MR) is 73.0 cm³/mol. The number of amides is 1. The molecule has 0 aliphatic heterocycles. The summed E-state index contributed by atoms with van der Waals surface area (Å²) in [5, 5.41) is 2.50. The Morgan fingerprint density at radius 1 is 1.37 bits per heavy atom. The van der Waals surface area contributed by atoms with E-state index in [1.165, 1.54) is 12.1 Å². The Kier molecular flexibility index (Phi) is 4.03. The minimum Gasteiger partial charge on any atom is -0.320 e. The molecule has 0 unspecified atom stereocenters. The van der Waals surface area contributed by atoms with Gasteiger partial charge in [0.15, 0.2) is 0 Å². The standard InChI is InChI=1S/C15H13FN2O/c1-11-4-6-13(16)14(9-11)18-15(19)7-5-12-3-2-8-17-10-12/h2-10H,1H3,(H,18,19)/b7-5+. The van der Waals surface area contributed by atoms with Gasteiger partial charge in [-0.15, -0.1) is 0 Å². The normalized spacial score (nSPS) is 10.6. The summed E-state index contributed by atoms with van der Waals surface area (Å²) in [6.07, 6.45) is 6.26. The fourth-order valence-electron chi connectivity index (χ4n) is 1.56. The van der Waals surface area contributed by atoms with Gasteiger partial charge in [-0.05, 0) is 42.3 Å². The van der Waals surface area contributed by atoms with E-state index >= 15 is 0 Å². The molecule has 0 saturated heterocycles. The Hall–Kier alpha value is -2.49. The second-order valence-corrected chi connectivity index (χ2v) is 4.09. The zero-order chi connectivity index (χ0) is 13.7. The molecule has 3 nitrogen and oxygen atoms in total. The van der Waals surface area contributed by atoms with E-state index < -0.39 is 5.82 Å². The highest BCUT2D eigenvalue weighted by Crippen LogP contribution is 2.15. The number of halogens is 1. The Bertz CT molecular complexity index is 609. The summed E-state index contributed by atoms with van der Waals surface area (Å²) in [5.41, 5.74) is 1.87. The first-order valence-corrected chi connectivity index (χ1v) is 5.80. The summed E-state index contributed by atoms with van der Waals surface area (Å²) in [6.45, 7) is 1.83. The first-order chi connectivity index (χ1) is 9.15. The van der Waals surface area contributed by atoms with E-state index in [1.807, 2.05) is 13.0 Å². The third-order valence-corrected chi connectivity index (χ3v) is 2.49. The van der Waals surface area contributed by atoms with Gasteiger partial charge in [-0.25, -0.2) is 4.39 Å². The summed E-state index contributed by atoms with van der Waals surface area (Å²) < 4.78 is 13.4. The van der Waals surface area contributed by atoms with Crippen LogP contribution in [0.5, 0.6) is 0 Å². The number of aryl methyl sites for hydroxylation is 1. The number of rotatable bonds is 3. The molecular weight excluding hydrogens is 243 g/mol. The number of benzene rings is 1. The van der Waals surface area contributed by atoms with Crippen molar-refractivity contribution in [2.45, 2.75) is 6.92 Å². The summed E-state index contributed by atoms with van der Waals surface area (Å²) >= 11 is 0. The van der Waals surface area contributed by atoms with Crippen LogP contribution in [-0.2, 0) is 4.79 Å². The van der Waals surface area contributed by atoms with Crippen LogP contribution in [0.1, 0.15) is 11.1 Å². The van der Waals surface area contributed by atoms with Crippen molar-refractivity contribution in [1.82, 2.24) is 4.98 Å². The number of hydrogen-bond donors (Lipinski definition) is 1. The van der Waals surface area contributed by atoms with Gasteiger partial charge in [-0.2, -0.15) is 0 Å². The van der Waals surface area contributed by atoms with E-state index in [9.17, 15) is 9.18 Å². The van der Waals surface area contributed by atoms with Gasteiger partial charge in [-0.3, -0.25) is 9.78 Å². The van der Waals surface area contributed by atoms with Crippen molar-refractivity contribution in [3.8, 4) is 0 Å². The lowest BCUT2D eigenvalue weighted by Gasteiger charge is -2.04. The summed E-state index contributed by atoms with van der Waals surface area (Å²) in [5.74, 6) is -0.831. The lowest BCUT2D eigenvalue weighted by molar-refractivity contribution is -0.111. The Morgan fingerprint density at radius 3 is 2.95 bits per heavy atom. The summed E-state index contributed by atoms with van der Waals surface area (Å²) in [6, 6.07) is 8.17. The second kappa shape index (κ2) is 5.91. The van der Waals surface area contributed by atoms with Crippen LogP contribution in [0.2, 0.25) is 0 Å². The van der Waals surface area contributed by atoms with Crippen molar-refractivity contribution in [3.63, 3.8) is 0 Å². The third kappa shape index (κ3) is 3.74. The molecule has 19 heavy (non-hydrogen) atoms. The number of nitrogens with one attached hydrogen (secondary N) is 1. The van der Waals surface area contributed by atoms with E-state index in [0.717, 1.165) is 11.1 Å². The Morgan fingerprint density at radius 2 is 2.21 bits per heavy atom. The molecule has 0 aliphatic carbocycles. The SMILES string of the molecule is Cc1ccc(F)c(NC(=O)/C=C/c2cccnc2)c1. The maximum atomic E-state index is 13.4. The van der Waals surface area contributed by atoms with E-state index in [0.29, 0.717) is 0 Å². The molecule has 0 atom stereocenters. The van der Waals surface area contributed by atoms with Crippen molar-refractivity contribution < 1.29 is 9.18 Å². The molecule has 1 aromatic carbocycles. The van der Waals surface area contributed by atoms with Gasteiger partial charge in [-0.1, -0.05) is 12.1 Å². The van der Waals surface area contributed by atoms with Crippen molar-refractivity contribution in [3.05, 3.63) is 65.7 Å². The van der Waals surface area contributed by atoms with Crippen LogP contribution in [0.3, 0.4) is 0 Å². The highest BCUT2D eigenvalue weighted by atomic mass is 19.1. The first kappa shape index (κ1) is 13.0. The summed E-state index contributed by atoms with van der Waals surface area (Å²) in [7, 11) is 0. The molecule has 0 spiro atoms. The number of aromatic nitrogens is 1. The second-order valence-electron chi connectivity index (χ2n) is 4.09. The van der Waals surface area contributed by atoms with E-state index in [4.69, 9.17) is 0 Å². The topological polar surface area (TPSA) is 42.0 Å². The molecule has 0 radical (unpaired) electrons. The van der Waals surface area contributed by atoms with Crippen molar-refractivity contribution >= 4 is 17.7 Å². The minimum absolute atomic E-state index is 0.181. The first-order valence-electron chi connectivity index (χ1n) is 5.80. The lowest BCUT2D eigenvalue weighted by Crippen LogP contribution is -2.09. The Balaban J connectivity index is 2.06. The van der Waals surface area contributed by atoms with Gasteiger partial charge in [0, 0.05) is 18.5 Å². The molecule has 1 amide bonds. The highest BCUT2D eigenvalue weighted by molar-refractivity contribution is 6.02. The van der Waals surface area contributed by atoms with Crippen LogP contribution >= 0.6 is 0 Å². The number of nitrogens with zero attached hydrogens (tertiary/aromatic N) is 1. The van der Waals surface area contributed by atoms with Gasteiger partial charge in [0.2, 0.25) is 5.91 Å². The van der Waals surface area contributed by atoms with E-state index in [-0.39, 0.29) is 11.6 Å². The molecule has 0 aliphatic rings. The largest absolute Gasteiger partial charge is 0.320 e. The summed E-state index contributed by atoms with van der Waals surface area (Å²) in [4.78, 5) is 15.6. The van der Waals surface area contributed by atoms with Crippen LogP contribution < -0.4 is 5.32 Å². The highest BCUT2D eigenvalue weighted by Gasteiger charge is 2.04. The molecule has 0 saturated carbocycles. The number of anilines is 1. The van der Waals surface area contributed by atoms with Gasteiger partial charge >= 0.3 is 0 Å². The monoisotopic (exact) mass is 256 g/mol. The van der Waals surface area contributed by atoms with E-state index in [1.54, 1.807) is 36.7 Å². The number of hydrogen-bond acceptors (Lipinski definition) is 2. The Labute approximate surface area is 110 Å². The van der Waals surface area contributed by atoms with Gasteiger partial charge < -0.3 is 5.32 Å². The molecular formula is C15H13FN2O. The van der Waals surface area contributed by atoms with Crippen LogP contribution in [0.15, 0.2) is 48.8 Å². The van der Waals surface area contributed by atoms with Crippen LogP contribution in [0, 0.1) is 12.7 Å². The van der Waals surface area contributed by atoms with Crippen LogP contribution in [0.25, 0.3) is 6.08 Å². The fraction of sp³-hybridized carbons (Fsp3) is 0.0667. The van der Waals surface area contributed by atoms with Gasteiger partial charge in [0.1, 0.15) is 5.82 Å². The fourth-order valence-corrected chi connectivity index (χ4v) is 1.56. The van der Waals surface area contributed by atoms with E-state index in [2.05, 4.69) is 10.3 Å². The third-order valence-electron chi connectivity index (χ3n) is 2.49. The molecule has 0 fully saturated rings. The molecule has 96 valence electrons. The zero-order valence-corrected chi connectivity index (χ0v) is 10.4. The van der Waals surface area contributed by atoms with Crippen molar-refractivity contribution in [2.24, 2.45) is 0 Å². The van der Waals surface area contributed by atoms with Crippen LogP contribution in [-0.4, -0.2) is 10.9 Å². The number of carbonyl (C=O) groups is 1. The predicted octanol–water partition coefficient (Wildman–Crippen LogP) is 3.18. The van der Waals surface area contributed by atoms with Crippen molar-refractivity contribution in [1.29, 1.82) is 0 Å². The average Bonchev–Trinajstić information content (AvgIpc) is 2.42. The number of carbonyl (C=O) groups excluding carboxylic acids is 1. The number of pyridine rings is 1. The molecule has 1 heterocycles. The molecule has 2 rings (SSSR count). The average molecular weight is 256 g/mol. The van der Waals surface area contributed by atoms with Crippen molar-refractivity contribution in [2.75, 3.05) is 5.32 Å². The maximum Gasteiger partial charge on any atom is 0.248 e. The molecule has 4 heteroatoms. The molecule has 1 N–H and O–H groups in total. The zero-order valence-electron chi connectivity index (χ0n) is 10.4. The lowest BCUT2D eigenvalue weighted by atomic mass is 10.2. The van der Waals surface area contributed by atoms with Gasteiger partial charge in [0.25, 0.3) is 0 Å². The minimum atomic E-state index is -0.450. The smallest absolute Gasteiger partial charge is 0.248 e. The molecule has 2 aromatic rings.